The van der Waals surface area contributed by atoms with Crippen LogP contribution in [0.1, 0.15) is 6.92 Å². The highest BCUT2D eigenvalue weighted by Gasteiger charge is 2.49. The molecule has 8 unspecified atom stereocenters. The van der Waals surface area contributed by atoms with Gasteiger partial charge in [0.2, 0.25) is 0 Å². The van der Waals surface area contributed by atoms with Crippen LogP contribution in [0.5, 0.6) is 0 Å². The Kier molecular flexibility index (Phi) is 7.65. The number of hydrogen-bond acceptors (Lipinski definition) is 10. The summed E-state index contributed by atoms with van der Waals surface area (Å²) in [6, 6.07) is 0. The zero-order chi connectivity index (χ0) is 18.7. The number of hydrogen-bond donors (Lipinski definition) is 6. The van der Waals surface area contributed by atoms with Gasteiger partial charge in [-0.25, -0.2) is 0 Å². The summed E-state index contributed by atoms with van der Waals surface area (Å²) in [5.41, 5.74) is -0.982. The molecule has 0 radical (unpaired) electrons. The predicted molar refractivity (Wildman–Crippen MR) is 87.6 cm³/mol. The Hall–Kier alpha value is -0.270. The molecule has 0 amide bonds. The van der Waals surface area contributed by atoms with Crippen LogP contribution in [-0.2, 0) is 14.2 Å². The van der Waals surface area contributed by atoms with E-state index in [-0.39, 0.29) is 6.61 Å². The summed E-state index contributed by atoms with van der Waals surface area (Å²) < 4.78 is 16.5. The van der Waals surface area contributed by atoms with E-state index in [9.17, 15) is 30.6 Å². The number of aliphatic hydroxyl groups excluding tert-OH is 6. The summed E-state index contributed by atoms with van der Waals surface area (Å²) in [6.07, 6.45) is -8.71. The van der Waals surface area contributed by atoms with Crippen molar-refractivity contribution in [3.8, 4) is 0 Å². The second-order valence-electron chi connectivity index (χ2n) is 6.11. The van der Waals surface area contributed by atoms with Crippen molar-refractivity contribution < 1.29 is 44.8 Å². The Bertz CT molecular complexity index is 439. The monoisotopic (exact) mass is 382 g/mol. The summed E-state index contributed by atoms with van der Waals surface area (Å²) in [5, 5.41) is 59.1. The van der Waals surface area contributed by atoms with E-state index in [1.807, 2.05) is 0 Å². The second-order valence-corrected chi connectivity index (χ2v) is 7.59. The Morgan fingerprint density at radius 1 is 1.04 bits per heavy atom. The van der Waals surface area contributed by atoms with Crippen molar-refractivity contribution in [2.24, 2.45) is 0 Å². The largest absolute Gasteiger partial charge is 0.394 e. The van der Waals surface area contributed by atoms with Gasteiger partial charge in [0.25, 0.3) is 0 Å². The molecule has 0 spiro atoms. The Labute approximate surface area is 149 Å². The first-order valence-electron chi connectivity index (χ1n) is 8.01. The Morgan fingerprint density at radius 3 is 2.32 bits per heavy atom. The minimum Gasteiger partial charge on any atom is -0.394 e. The Balaban J connectivity index is 2.13. The van der Waals surface area contributed by atoms with Gasteiger partial charge in [0, 0.05) is 5.25 Å². The maximum absolute atomic E-state index is 10.3. The number of aliphatic hydroxyl groups is 6. The molecule has 9 nitrogen and oxygen atoms in total. The third-order valence-electron chi connectivity index (χ3n) is 4.30. The van der Waals surface area contributed by atoms with Crippen LogP contribution in [0, 0.1) is 0 Å². The van der Waals surface area contributed by atoms with Crippen LogP contribution in [-0.4, -0.2) is 104 Å². The van der Waals surface area contributed by atoms with Crippen molar-refractivity contribution in [3.05, 3.63) is 12.7 Å². The van der Waals surface area contributed by atoms with E-state index in [1.165, 1.54) is 6.08 Å². The molecule has 2 saturated heterocycles. The lowest BCUT2D eigenvalue weighted by atomic mass is 9.99. The lowest BCUT2D eigenvalue weighted by Gasteiger charge is -2.45. The molecule has 10 heteroatoms. The summed E-state index contributed by atoms with van der Waals surface area (Å²) in [4.78, 5) is 0. The molecule has 146 valence electrons. The highest BCUT2D eigenvalue weighted by Crippen LogP contribution is 2.36. The maximum atomic E-state index is 10.3. The zero-order valence-electron chi connectivity index (χ0n) is 13.8. The lowest BCUT2D eigenvalue weighted by molar-refractivity contribution is -0.314. The van der Waals surface area contributed by atoms with E-state index in [2.05, 4.69) is 6.58 Å². The predicted octanol–water partition coefficient (Wildman–Crippen LogP) is -2.44. The summed E-state index contributed by atoms with van der Waals surface area (Å²) in [5.74, 6) is 0. The molecule has 0 aromatic rings. The van der Waals surface area contributed by atoms with E-state index in [0.717, 1.165) is 11.8 Å². The van der Waals surface area contributed by atoms with Crippen LogP contribution in [0.3, 0.4) is 0 Å². The molecule has 0 aliphatic carbocycles. The fourth-order valence-electron chi connectivity index (χ4n) is 2.78. The van der Waals surface area contributed by atoms with Gasteiger partial charge in [0.05, 0.1) is 19.3 Å². The van der Waals surface area contributed by atoms with Crippen molar-refractivity contribution in [2.75, 3.05) is 13.2 Å². The SMILES string of the molecule is C=CCOC1OC(CO)C(O)C(O)[C@H]1OC1SC(C)C(O)[C@@H](O)C1O. The molecule has 0 saturated carbocycles. The quantitative estimate of drug-likeness (QED) is 0.274. The van der Waals surface area contributed by atoms with Gasteiger partial charge in [-0.3, -0.25) is 0 Å². The van der Waals surface area contributed by atoms with Crippen LogP contribution in [0.25, 0.3) is 0 Å². The molecule has 2 aliphatic rings. The fourth-order valence-corrected chi connectivity index (χ4v) is 4.04. The van der Waals surface area contributed by atoms with E-state index in [1.54, 1.807) is 6.92 Å². The molecule has 2 heterocycles. The van der Waals surface area contributed by atoms with Crippen molar-refractivity contribution in [1.82, 2.24) is 0 Å². The normalized spacial score (nSPS) is 48.3. The average molecular weight is 382 g/mol. The zero-order valence-corrected chi connectivity index (χ0v) is 14.6. The number of ether oxygens (including phenoxy) is 3. The maximum Gasteiger partial charge on any atom is 0.187 e. The summed E-state index contributed by atoms with van der Waals surface area (Å²) in [6.45, 7) is 4.72. The van der Waals surface area contributed by atoms with E-state index in [4.69, 9.17) is 14.2 Å². The molecule has 0 aromatic carbocycles. The number of rotatable bonds is 6. The topological polar surface area (TPSA) is 149 Å². The summed E-state index contributed by atoms with van der Waals surface area (Å²) >= 11 is 1.08. The molecule has 0 aromatic heterocycles. The van der Waals surface area contributed by atoms with Gasteiger partial charge in [0.15, 0.2) is 6.29 Å². The van der Waals surface area contributed by atoms with Crippen LogP contribution in [0.15, 0.2) is 12.7 Å². The molecule has 2 rings (SSSR count). The third kappa shape index (κ3) is 4.53. The standard InChI is InChI=1S/C15H26O9S/c1-3-4-22-14-13(11(20)9(18)7(5-16)23-14)24-15-12(21)10(19)8(17)6(2)25-15/h3,6-21H,1,4-5H2,2H3/t6?,7?,8?,9?,10-,11?,12?,13-,14?,15?/m1/s1. The van der Waals surface area contributed by atoms with Gasteiger partial charge in [-0.1, -0.05) is 13.0 Å². The van der Waals surface area contributed by atoms with Crippen LogP contribution < -0.4 is 0 Å². The molecule has 10 atom stereocenters. The lowest BCUT2D eigenvalue weighted by Crippen LogP contribution is -2.62. The first-order valence-corrected chi connectivity index (χ1v) is 8.96. The van der Waals surface area contributed by atoms with E-state index in [0.29, 0.717) is 0 Å². The third-order valence-corrected chi connectivity index (χ3v) is 5.67. The molecule has 2 fully saturated rings. The van der Waals surface area contributed by atoms with Crippen molar-refractivity contribution in [2.45, 2.75) is 66.6 Å². The highest BCUT2D eigenvalue weighted by molar-refractivity contribution is 8.00. The second kappa shape index (κ2) is 9.09. The van der Waals surface area contributed by atoms with Crippen molar-refractivity contribution in [1.29, 1.82) is 0 Å². The first kappa shape index (κ1) is 21.0. The van der Waals surface area contributed by atoms with Gasteiger partial charge in [-0.05, 0) is 0 Å². The smallest absolute Gasteiger partial charge is 0.187 e. The van der Waals surface area contributed by atoms with Crippen LogP contribution in [0.2, 0.25) is 0 Å². The van der Waals surface area contributed by atoms with E-state index >= 15 is 0 Å². The summed E-state index contributed by atoms with van der Waals surface area (Å²) in [7, 11) is 0. The fraction of sp³-hybridized carbons (Fsp3) is 0.867. The first-order chi connectivity index (χ1) is 11.8. The molecule has 0 bridgehead atoms. The Morgan fingerprint density at radius 2 is 1.72 bits per heavy atom. The molecule has 25 heavy (non-hydrogen) atoms. The van der Waals surface area contributed by atoms with Gasteiger partial charge >= 0.3 is 0 Å². The minimum absolute atomic E-state index is 0.0730. The van der Waals surface area contributed by atoms with Gasteiger partial charge < -0.3 is 44.8 Å². The van der Waals surface area contributed by atoms with Gasteiger partial charge in [-0.15, -0.1) is 18.3 Å². The molecule has 6 N–H and O–H groups in total. The molecular weight excluding hydrogens is 356 g/mol. The van der Waals surface area contributed by atoms with Crippen molar-refractivity contribution >= 4 is 11.8 Å². The minimum atomic E-state index is -1.45. The molecular formula is C15H26O9S. The van der Waals surface area contributed by atoms with Crippen LogP contribution in [0.4, 0.5) is 0 Å². The van der Waals surface area contributed by atoms with Gasteiger partial charge in [-0.2, -0.15) is 0 Å². The van der Waals surface area contributed by atoms with Gasteiger partial charge in [0.1, 0.15) is 42.1 Å². The van der Waals surface area contributed by atoms with E-state index < -0.39 is 66.3 Å². The van der Waals surface area contributed by atoms with Crippen molar-refractivity contribution in [3.63, 3.8) is 0 Å². The molecule has 2 aliphatic heterocycles. The van der Waals surface area contributed by atoms with Crippen LogP contribution >= 0.6 is 11.8 Å². The average Bonchev–Trinajstić information content (AvgIpc) is 2.60. The highest BCUT2D eigenvalue weighted by atomic mass is 32.2. The number of thioether (sulfide) groups is 1.